The zero-order chi connectivity index (χ0) is 13.9. The first-order valence-corrected chi connectivity index (χ1v) is 6.51. The second-order valence-corrected chi connectivity index (χ2v) is 4.48. The van der Waals surface area contributed by atoms with Gasteiger partial charge in [0.25, 0.3) is 0 Å². The Kier molecular flexibility index (Phi) is 3.17. The SMILES string of the molecule is CC=CC(=O)c1c(-c2ccccc2)nn2ccccc12. The van der Waals surface area contributed by atoms with Crippen LogP contribution in [0.2, 0.25) is 0 Å². The van der Waals surface area contributed by atoms with Gasteiger partial charge >= 0.3 is 0 Å². The second-order valence-electron chi connectivity index (χ2n) is 4.48. The first-order chi connectivity index (χ1) is 9.81. The summed E-state index contributed by atoms with van der Waals surface area (Å²) >= 11 is 0. The zero-order valence-electron chi connectivity index (χ0n) is 11.2. The Morgan fingerprint density at radius 1 is 1.10 bits per heavy atom. The lowest BCUT2D eigenvalue weighted by atomic mass is 10.0. The topological polar surface area (TPSA) is 34.4 Å². The third kappa shape index (κ3) is 2.03. The molecule has 2 aromatic heterocycles. The highest BCUT2D eigenvalue weighted by Crippen LogP contribution is 2.26. The third-order valence-electron chi connectivity index (χ3n) is 3.15. The summed E-state index contributed by atoms with van der Waals surface area (Å²) in [7, 11) is 0. The molecule has 0 spiro atoms. The van der Waals surface area contributed by atoms with Gasteiger partial charge in [0.1, 0.15) is 5.69 Å². The van der Waals surface area contributed by atoms with Gasteiger partial charge in [-0.25, -0.2) is 4.52 Å². The van der Waals surface area contributed by atoms with E-state index in [1.165, 1.54) is 0 Å². The maximum atomic E-state index is 12.4. The minimum absolute atomic E-state index is 0.0208. The van der Waals surface area contributed by atoms with E-state index >= 15 is 0 Å². The summed E-state index contributed by atoms with van der Waals surface area (Å²) in [5.74, 6) is -0.0208. The molecule has 0 bridgehead atoms. The van der Waals surface area contributed by atoms with Crippen LogP contribution in [-0.4, -0.2) is 15.4 Å². The summed E-state index contributed by atoms with van der Waals surface area (Å²) in [5, 5.41) is 4.55. The minimum Gasteiger partial charge on any atom is -0.289 e. The van der Waals surface area contributed by atoms with Gasteiger partial charge in [0, 0.05) is 11.8 Å². The number of nitrogens with zero attached hydrogens (tertiary/aromatic N) is 2. The van der Waals surface area contributed by atoms with Crippen molar-refractivity contribution in [3.63, 3.8) is 0 Å². The van der Waals surface area contributed by atoms with Gasteiger partial charge in [0.05, 0.1) is 11.1 Å². The summed E-state index contributed by atoms with van der Waals surface area (Å²) in [6.07, 6.45) is 5.19. The van der Waals surface area contributed by atoms with Crippen LogP contribution >= 0.6 is 0 Å². The summed E-state index contributed by atoms with van der Waals surface area (Å²) in [6.45, 7) is 1.84. The Hall–Kier alpha value is -2.68. The molecule has 0 N–H and O–H groups in total. The van der Waals surface area contributed by atoms with Gasteiger partial charge in [-0.3, -0.25) is 4.79 Å². The van der Waals surface area contributed by atoms with Crippen LogP contribution in [0, 0.1) is 0 Å². The molecule has 0 fully saturated rings. The van der Waals surface area contributed by atoms with Crippen LogP contribution in [0.25, 0.3) is 16.8 Å². The Balaban J connectivity index is 2.31. The molecule has 0 amide bonds. The van der Waals surface area contributed by atoms with Crippen LogP contribution in [0.15, 0.2) is 66.9 Å². The van der Waals surface area contributed by atoms with Gasteiger partial charge < -0.3 is 0 Å². The van der Waals surface area contributed by atoms with Crippen LogP contribution in [0.1, 0.15) is 17.3 Å². The number of fused-ring (bicyclic) bond motifs is 1. The van der Waals surface area contributed by atoms with E-state index in [0.29, 0.717) is 5.56 Å². The van der Waals surface area contributed by atoms with Gasteiger partial charge in [0.2, 0.25) is 0 Å². The van der Waals surface area contributed by atoms with Crippen molar-refractivity contribution in [2.75, 3.05) is 0 Å². The molecule has 0 unspecified atom stereocenters. The molecule has 2 heterocycles. The standard InChI is InChI=1S/C17H14N2O/c1-2-8-15(20)16-14-11-6-7-12-19(14)18-17(16)13-9-4-3-5-10-13/h2-12H,1H3. The Morgan fingerprint density at radius 3 is 2.60 bits per heavy atom. The predicted octanol–water partition coefficient (Wildman–Crippen LogP) is 3.76. The van der Waals surface area contributed by atoms with Crippen LogP contribution < -0.4 is 0 Å². The molecule has 0 aliphatic carbocycles. The van der Waals surface area contributed by atoms with Gasteiger partial charge in [-0.05, 0) is 25.1 Å². The van der Waals surface area contributed by atoms with Gasteiger partial charge in [0.15, 0.2) is 5.78 Å². The highest BCUT2D eigenvalue weighted by atomic mass is 16.1. The molecule has 98 valence electrons. The fraction of sp³-hybridized carbons (Fsp3) is 0.0588. The van der Waals surface area contributed by atoms with Crippen molar-refractivity contribution in [3.8, 4) is 11.3 Å². The minimum atomic E-state index is -0.0208. The van der Waals surface area contributed by atoms with Crippen LogP contribution in [-0.2, 0) is 0 Å². The number of aromatic nitrogens is 2. The first-order valence-electron chi connectivity index (χ1n) is 6.51. The Labute approximate surface area is 117 Å². The second kappa shape index (κ2) is 5.13. The molecule has 0 atom stereocenters. The average molecular weight is 262 g/mol. The number of allylic oxidation sites excluding steroid dienone is 2. The molecule has 0 saturated carbocycles. The molecule has 0 aliphatic heterocycles. The third-order valence-corrected chi connectivity index (χ3v) is 3.15. The monoisotopic (exact) mass is 262 g/mol. The van der Waals surface area contributed by atoms with E-state index in [0.717, 1.165) is 16.8 Å². The molecule has 3 heteroatoms. The van der Waals surface area contributed by atoms with Crippen molar-refractivity contribution in [1.82, 2.24) is 9.61 Å². The average Bonchev–Trinajstić information content (AvgIpc) is 2.88. The molecule has 0 radical (unpaired) electrons. The van der Waals surface area contributed by atoms with Crippen molar-refractivity contribution in [2.45, 2.75) is 6.92 Å². The molecular weight excluding hydrogens is 248 g/mol. The summed E-state index contributed by atoms with van der Waals surface area (Å²) < 4.78 is 1.75. The number of hydrogen-bond donors (Lipinski definition) is 0. The summed E-state index contributed by atoms with van der Waals surface area (Å²) in [5.41, 5.74) is 3.15. The van der Waals surface area contributed by atoms with Crippen molar-refractivity contribution < 1.29 is 4.79 Å². The van der Waals surface area contributed by atoms with E-state index in [9.17, 15) is 4.79 Å². The maximum Gasteiger partial charge on any atom is 0.189 e. The van der Waals surface area contributed by atoms with Crippen LogP contribution in [0.3, 0.4) is 0 Å². The maximum absolute atomic E-state index is 12.4. The lowest BCUT2D eigenvalue weighted by Crippen LogP contribution is -1.96. The molecule has 1 aromatic carbocycles. The van der Waals surface area contributed by atoms with Crippen molar-refractivity contribution in [1.29, 1.82) is 0 Å². The predicted molar refractivity (Wildman–Crippen MR) is 79.8 cm³/mol. The van der Waals surface area contributed by atoms with E-state index in [1.54, 1.807) is 16.7 Å². The molecule has 3 aromatic rings. The van der Waals surface area contributed by atoms with Crippen molar-refractivity contribution in [3.05, 3.63) is 72.4 Å². The lowest BCUT2D eigenvalue weighted by Gasteiger charge is -1.99. The molecule has 0 aliphatic rings. The number of carbonyl (C=O) groups is 1. The number of hydrogen-bond acceptors (Lipinski definition) is 2. The summed E-state index contributed by atoms with van der Waals surface area (Å²) in [4.78, 5) is 12.4. The van der Waals surface area contributed by atoms with E-state index in [2.05, 4.69) is 5.10 Å². The number of carbonyl (C=O) groups excluding carboxylic acids is 1. The molecule has 3 nitrogen and oxygen atoms in total. The number of ketones is 1. The van der Waals surface area contributed by atoms with Crippen molar-refractivity contribution >= 4 is 11.3 Å². The molecule has 3 rings (SSSR count). The van der Waals surface area contributed by atoms with E-state index in [4.69, 9.17) is 0 Å². The van der Waals surface area contributed by atoms with E-state index < -0.39 is 0 Å². The fourth-order valence-corrected chi connectivity index (χ4v) is 2.27. The van der Waals surface area contributed by atoms with Crippen molar-refractivity contribution in [2.24, 2.45) is 0 Å². The van der Waals surface area contributed by atoms with Crippen LogP contribution in [0.4, 0.5) is 0 Å². The highest BCUT2D eigenvalue weighted by Gasteiger charge is 2.18. The fourth-order valence-electron chi connectivity index (χ4n) is 2.27. The number of rotatable bonds is 3. The smallest absolute Gasteiger partial charge is 0.189 e. The molecule has 20 heavy (non-hydrogen) atoms. The van der Waals surface area contributed by atoms with E-state index in [1.807, 2.05) is 61.7 Å². The normalized spacial score (nSPS) is 11.2. The van der Waals surface area contributed by atoms with Gasteiger partial charge in [-0.2, -0.15) is 5.10 Å². The van der Waals surface area contributed by atoms with E-state index in [-0.39, 0.29) is 5.78 Å². The van der Waals surface area contributed by atoms with Gasteiger partial charge in [-0.1, -0.05) is 42.5 Å². The lowest BCUT2D eigenvalue weighted by molar-refractivity contribution is 0.104. The zero-order valence-corrected chi connectivity index (χ0v) is 11.2. The molecule has 0 saturated heterocycles. The quantitative estimate of drug-likeness (QED) is 0.532. The molecular formula is C17H14N2O. The Morgan fingerprint density at radius 2 is 1.85 bits per heavy atom. The number of benzene rings is 1. The summed E-state index contributed by atoms with van der Waals surface area (Å²) in [6, 6.07) is 15.5. The first kappa shape index (κ1) is 12.4. The highest BCUT2D eigenvalue weighted by molar-refractivity contribution is 6.13. The Bertz CT molecular complexity index is 785. The van der Waals surface area contributed by atoms with Gasteiger partial charge in [-0.15, -0.1) is 0 Å². The van der Waals surface area contributed by atoms with Crippen LogP contribution in [0.5, 0.6) is 0 Å². The number of pyridine rings is 1. The largest absolute Gasteiger partial charge is 0.289 e.